The average Bonchev–Trinajstić information content (AvgIpc) is 2.38. The second-order valence-corrected chi connectivity index (χ2v) is 4.18. The third-order valence-electron chi connectivity index (χ3n) is 2.99. The van der Waals surface area contributed by atoms with E-state index in [1.807, 2.05) is 0 Å². The standard InChI is InChI=1S/C15H19N/c1-2-16-12-6-9-15(13-16)11-10-14-7-4-3-5-8-14/h3-5,7-11H,2,6,12-13H2,1H3/b11-10+. The minimum atomic E-state index is 1.10. The van der Waals surface area contributed by atoms with E-state index in [4.69, 9.17) is 0 Å². The molecule has 0 aliphatic carbocycles. The molecule has 0 aromatic heterocycles. The summed E-state index contributed by atoms with van der Waals surface area (Å²) in [6, 6.07) is 10.5. The molecule has 1 heterocycles. The van der Waals surface area contributed by atoms with Crippen LogP contribution < -0.4 is 0 Å². The van der Waals surface area contributed by atoms with Crippen LogP contribution in [0.1, 0.15) is 18.9 Å². The first-order valence-corrected chi connectivity index (χ1v) is 6.03. The third kappa shape index (κ3) is 3.07. The number of nitrogens with zero attached hydrogens (tertiary/aromatic N) is 1. The molecular formula is C15H19N. The van der Waals surface area contributed by atoms with Gasteiger partial charge in [0.15, 0.2) is 0 Å². The Labute approximate surface area is 98.1 Å². The second kappa shape index (κ2) is 5.66. The van der Waals surface area contributed by atoms with Crippen molar-refractivity contribution in [3.63, 3.8) is 0 Å². The Morgan fingerprint density at radius 1 is 1.19 bits per heavy atom. The summed E-state index contributed by atoms with van der Waals surface area (Å²) in [5.41, 5.74) is 2.72. The minimum absolute atomic E-state index is 1.10. The van der Waals surface area contributed by atoms with Crippen LogP contribution in [-0.4, -0.2) is 24.5 Å². The zero-order valence-electron chi connectivity index (χ0n) is 9.89. The molecule has 1 aromatic rings. The molecule has 1 aliphatic heterocycles. The zero-order valence-corrected chi connectivity index (χ0v) is 9.89. The fourth-order valence-electron chi connectivity index (χ4n) is 1.99. The lowest BCUT2D eigenvalue weighted by Crippen LogP contribution is -2.29. The molecule has 0 N–H and O–H groups in total. The van der Waals surface area contributed by atoms with E-state index in [9.17, 15) is 0 Å². The van der Waals surface area contributed by atoms with E-state index in [1.165, 1.54) is 24.1 Å². The maximum Gasteiger partial charge on any atom is 0.0230 e. The van der Waals surface area contributed by atoms with E-state index in [1.54, 1.807) is 0 Å². The maximum absolute atomic E-state index is 2.48. The summed E-state index contributed by atoms with van der Waals surface area (Å²) < 4.78 is 0. The molecule has 0 saturated carbocycles. The molecule has 0 amide bonds. The van der Waals surface area contributed by atoms with Crippen LogP contribution in [0.4, 0.5) is 0 Å². The molecule has 0 radical (unpaired) electrons. The molecule has 1 nitrogen and oxygen atoms in total. The molecule has 84 valence electrons. The molecule has 0 unspecified atom stereocenters. The first kappa shape index (κ1) is 11.2. The monoisotopic (exact) mass is 213 g/mol. The fourth-order valence-corrected chi connectivity index (χ4v) is 1.99. The molecule has 0 atom stereocenters. The highest BCUT2D eigenvalue weighted by atomic mass is 15.1. The van der Waals surface area contributed by atoms with Crippen LogP contribution in [0.5, 0.6) is 0 Å². The quantitative estimate of drug-likeness (QED) is 0.744. The van der Waals surface area contributed by atoms with Gasteiger partial charge < -0.3 is 0 Å². The van der Waals surface area contributed by atoms with Crippen molar-refractivity contribution in [1.82, 2.24) is 4.90 Å². The van der Waals surface area contributed by atoms with Gasteiger partial charge in [0.1, 0.15) is 0 Å². The average molecular weight is 213 g/mol. The lowest BCUT2D eigenvalue weighted by atomic mass is 10.1. The van der Waals surface area contributed by atoms with Gasteiger partial charge in [-0.3, -0.25) is 4.90 Å². The topological polar surface area (TPSA) is 3.24 Å². The lowest BCUT2D eigenvalue weighted by molar-refractivity contribution is 0.309. The van der Waals surface area contributed by atoms with Crippen molar-refractivity contribution in [1.29, 1.82) is 0 Å². The van der Waals surface area contributed by atoms with E-state index in [2.05, 4.69) is 60.4 Å². The van der Waals surface area contributed by atoms with Gasteiger partial charge in [0, 0.05) is 13.1 Å². The molecule has 2 rings (SSSR count). The van der Waals surface area contributed by atoms with Gasteiger partial charge in [-0.1, -0.05) is 55.5 Å². The van der Waals surface area contributed by atoms with Crippen molar-refractivity contribution in [3.05, 3.63) is 53.6 Å². The van der Waals surface area contributed by atoms with Crippen LogP contribution in [0.25, 0.3) is 6.08 Å². The summed E-state index contributed by atoms with van der Waals surface area (Å²) in [7, 11) is 0. The summed E-state index contributed by atoms with van der Waals surface area (Å²) in [4.78, 5) is 2.48. The van der Waals surface area contributed by atoms with Gasteiger partial charge >= 0.3 is 0 Å². The molecule has 1 aliphatic rings. The molecule has 0 spiro atoms. The zero-order chi connectivity index (χ0) is 11.2. The third-order valence-corrected chi connectivity index (χ3v) is 2.99. The highest BCUT2D eigenvalue weighted by Crippen LogP contribution is 2.12. The Morgan fingerprint density at radius 3 is 2.75 bits per heavy atom. The molecule has 1 heteroatoms. The number of likely N-dealkylation sites (N-methyl/N-ethyl adjacent to an activating group) is 1. The van der Waals surface area contributed by atoms with E-state index in [0.29, 0.717) is 0 Å². The number of hydrogen-bond donors (Lipinski definition) is 0. The summed E-state index contributed by atoms with van der Waals surface area (Å²) in [6.07, 6.45) is 7.98. The van der Waals surface area contributed by atoms with Crippen molar-refractivity contribution in [2.24, 2.45) is 0 Å². The van der Waals surface area contributed by atoms with Gasteiger partial charge in [-0.05, 0) is 24.1 Å². The van der Waals surface area contributed by atoms with Crippen molar-refractivity contribution in [3.8, 4) is 0 Å². The number of rotatable bonds is 3. The Kier molecular flexibility index (Phi) is 3.95. The van der Waals surface area contributed by atoms with Crippen molar-refractivity contribution in [2.45, 2.75) is 13.3 Å². The smallest absolute Gasteiger partial charge is 0.0230 e. The van der Waals surface area contributed by atoms with Crippen LogP contribution in [0.3, 0.4) is 0 Å². The molecule has 0 saturated heterocycles. The van der Waals surface area contributed by atoms with Crippen LogP contribution in [0, 0.1) is 0 Å². The van der Waals surface area contributed by atoms with Gasteiger partial charge in [-0.15, -0.1) is 0 Å². The first-order chi connectivity index (χ1) is 7.88. The Morgan fingerprint density at radius 2 is 2.00 bits per heavy atom. The molecule has 16 heavy (non-hydrogen) atoms. The predicted molar refractivity (Wildman–Crippen MR) is 70.3 cm³/mol. The summed E-state index contributed by atoms with van der Waals surface area (Å²) in [5.74, 6) is 0. The van der Waals surface area contributed by atoms with E-state index in [0.717, 1.165) is 13.1 Å². The Hall–Kier alpha value is -1.34. The SMILES string of the molecule is CCN1CCC=C(/C=C/c2ccccc2)C1. The fraction of sp³-hybridized carbons (Fsp3) is 0.333. The number of benzene rings is 1. The van der Waals surface area contributed by atoms with Crippen LogP contribution in [0.15, 0.2) is 48.1 Å². The Balaban J connectivity index is 2.00. The number of hydrogen-bond acceptors (Lipinski definition) is 1. The maximum atomic E-state index is 2.48. The van der Waals surface area contributed by atoms with Gasteiger partial charge in [0.05, 0.1) is 0 Å². The van der Waals surface area contributed by atoms with Gasteiger partial charge in [0.25, 0.3) is 0 Å². The van der Waals surface area contributed by atoms with Crippen LogP contribution >= 0.6 is 0 Å². The highest BCUT2D eigenvalue weighted by Gasteiger charge is 2.07. The van der Waals surface area contributed by atoms with Crippen molar-refractivity contribution >= 4 is 6.08 Å². The van der Waals surface area contributed by atoms with E-state index in [-0.39, 0.29) is 0 Å². The first-order valence-electron chi connectivity index (χ1n) is 6.03. The lowest BCUT2D eigenvalue weighted by Gasteiger charge is -2.24. The summed E-state index contributed by atoms with van der Waals surface area (Å²) in [5, 5.41) is 0. The van der Waals surface area contributed by atoms with Gasteiger partial charge in [0.2, 0.25) is 0 Å². The largest absolute Gasteiger partial charge is 0.299 e. The van der Waals surface area contributed by atoms with Crippen molar-refractivity contribution in [2.75, 3.05) is 19.6 Å². The highest BCUT2D eigenvalue weighted by molar-refractivity contribution is 5.53. The van der Waals surface area contributed by atoms with Crippen LogP contribution in [-0.2, 0) is 0 Å². The molecule has 0 bridgehead atoms. The van der Waals surface area contributed by atoms with Gasteiger partial charge in [-0.2, -0.15) is 0 Å². The van der Waals surface area contributed by atoms with Crippen molar-refractivity contribution < 1.29 is 0 Å². The van der Waals surface area contributed by atoms with E-state index < -0.39 is 0 Å². The Bertz CT molecular complexity index is 376. The molecule has 0 fully saturated rings. The normalized spacial score (nSPS) is 17.7. The van der Waals surface area contributed by atoms with Crippen LogP contribution in [0.2, 0.25) is 0 Å². The molecular weight excluding hydrogens is 194 g/mol. The van der Waals surface area contributed by atoms with E-state index >= 15 is 0 Å². The predicted octanol–water partition coefficient (Wildman–Crippen LogP) is 3.35. The van der Waals surface area contributed by atoms with Gasteiger partial charge in [-0.25, -0.2) is 0 Å². The summed E-state index contributed by atoms with van der Waals surface area (Å²) >= 11 is 0. The molecule has 1 aromatic carbocycles. The minimum Gasteiger partial charge on any atom is -0.299 e. The summed E-state index contributed by atoms with van der Waals surface area (Å²) in [6.45, 7) is 5.68. The second-order valence-electron chi connectivity index (χ2n) is 4.18.